The molecule has 0 aliphatic rings. The number of H-pyrrole nitrogens is 1. The van der Waals surface area contributed by atoms with Crippen molar-refractivity contribution >= 4 is 22.6 Å². The maximum absolute atomic E-state index is 12.3. The van der Waals surface area contributed by atoms with Gasteiger partial charge in [-0.05, 0) is 33.7 Å². The van der Waals surface area contributed by atoms with Crippen LogP contribution in [0.4, 0.5) is 5.88 Å². The molecule has 0 spiro atoms. The second-order valence-electron chi connectivity index (χ2n) is 6.32. The first kappa shape index (κ1) is 17.2. The van der Waals surface area contributed by atoms with Crippen LogP contribution in [0.2, 0.25) is 0 Å². The van der Waals surface area contributed by atoms with Crippen LogP contribution in [-0.2, 0) is 4.79 Å². The number of nitrogens with zero attached hydrogens (tertiary/aromatic N) is 2. The van der Waals surface area contributed by atoms with Crippen LogP contribution in [0, 0.1) is 19.8 Å². The highest BCUT2D eigenvalue weighted by atomic mass is 16.4. The molecule has 0 unspecified atom stereocenters. The molecule has 7 nitrogen and oxygen atoms in total. The van der Waals surface area contributed by atoms with E-state index in [0.717, 1.165) is 0 Å². The first-order valence-electron chi connectivity index (χ1n) is 7.70. The van der Waals surface area contributed by atoms with E-state index in [2.05, 4.69) is 36.3 Å². The molecule has 0 aliphatic carbocycles. The normalized spacial score (nSPS) is 13.0. The molecule has 2 aromatic heterocycles. The molecular weight excluding hydrogens is 296 g/mol. The number of furan rings is 1. The summed E-state index contributed by atoms with van der Waals surface area (Å²) in [7, 11) is 1.90. The topological polar surface area (TPSA) is 91.2 Å². The molecule has 1 amide bonds. The summed E-state index contributed by atoms with van der Waals surface area (Å²) in [6, 6.07) is 0.269. The lowest BCUT2D eigenvalue weighted by Crippen LogP contribution is -2.39. The minimum atomic E-state index is -0.373. The summed E-state index contributed by atoms with van der Waals surface area (Å²) in [5.41, 5.74) is 0.286. The average molecular weight is 320 g/mol. The lowest BCUT2D eigenvalue weighted by molar-refractivity contribution is -0.117. The van der Waals surface area contributed by atoms with Gasteiger partial charge in [0, 0.05) is 6.04 Å². The maximum atomic E-state index is 12.3. The van der Waals surface area contributed by atoms with Crippen LogP contribution < -0.4 is 10.9 Å². The Hall–Kier alpha value is -2.15. The fourth-order valence-corrected chi connectivity index (χ4v) is 2.58. The van der Waals surface area contributed by atoms with E-state index in [-0.39, 0.29) is 29.9 Å². The Bertz CT molecular complexity index is 775. The molecule has 2 aromatic rings. The van der Waals surface area contributed by atoms with Gasteiger partial charge in [-0.25, -0.2) is 5.10 Å². The summed E-state index contributed by atoms with van der Waals surface area (Å²) in [5.74, 6) is 0.968. The number of hydrogen-bond acceptors (Lipinski definition) is 5. The molecule has 2 heterocycles. The molecule has 0 aromatic carbocycles. The molecule has 0 aliphatic heterocycles. The summed E-state index contributed by atoms with van der Waals surface area (Å²) in [4.78, 5) is 26.3. The predicted molar refractivity (Wildman–Crippen MR) is 89.7 cm³/mol. The van der Waals surface area contributed by atoms with E-state index in [4.69, 9.17) is 4.42 Å². The van der Waals surface area contributed by atoms with Gasteiger partial charge in [-0.1, -0.05) is 13.8 Å². The van der Waals surface area contributed by atoms with Crippen LogP contribution in [0.3, 0.4) is 0 Å². The zero-order valence-electron chi connectivity index (χ0n) is 14.5. The average Bonchev–Trinajstić information content (AvgIpc) is 2.79. The van der Waals surface area contributed by atoms with E-state index in [1.807, 2.05) is 11.9 Å². The third-order valence-electron chi connectivity index (χ3n) is 4.30. The number of carbonyl (C=O) groups excluding carboxylic acids is 1. The van der Waals surface area contributed by atoms with Gasteiger partial charge in [-0.3, -0.25) is 19.8 Å². The third-order valence-corrected chi connectivity index (χ3v) is 4.30. The SMILES string of the molecule is Cc1n[nH]c(=O)c2c(NC(=O)CN(C)[C@@H](C)C(C)C)oc(C)c12. The smallest absolute Gasteiger partial charge is 0.277 e. The van der Waals surface area contributed by atoms with Gasteiger partial charge >= 0.3 is 0 Å². The van der Waals surface area contributed by atoms with Gasteiger partial charge in [0.2, 0.25) is 11.8 Å². The minimum absolute atomic E-state index is 0.180. The van der Waals surface area contributed by atoms with Crippen molar-refractivity contribution in [2.45, 2.75) is 40.7 Å². The summed E-state index contributed by atoms with van der Waals surface area (Å²) in [6.45, 7) is 10.0. The molecule has 126 valence electrons. The number of rotatable bonds is 5. The molecule has 0 saturated carbocycles. The Balaban J connectivity index is 2.24. The third kappa shape index (κ3) is 3.44. The standard InChI is InChI=1S/C16H24N4O3/c1-8(2)10(4)20(6)7-12(21)17-16-14-13(11(5)23-16)9(3)18-19-15(14)22/h8,10H,7H2,1-6H3,(H,17,21)(H,19,22)/t10-/m0/s1. The minimum Gasteiger partial charge on any atom is -0.444 e. The van der Waals surface area contributed by atoms with Gasteiger partial charge in [0.05, 0.1) is 17.6 Å². The van der Waals surface area contributed by atoms with Crippen LogP contribution >= 0.6 is 0 Å². The Morgan fingerprint density at radius 3 is 2.57 bits per heavy atom. The van der Waals surface area contributed by atoms with Crippen molar-refractivity contribution in [1.29, 1.82) is 0 Å². The van der Waals surface area contributed by atoms with E-state index in [0.29, 0.717) is 28.1 Å². The van der Waals surface area contributed by atoms with E-state index in [1.165, 1.54) is 0 Å². The highest BCUT2D eigenvalue weighted by Crippen LogP contribution is 2.28. The number of aryl methyl sites for hydroxylation is 2. The van der Waals surface area contributed by atoms with Crippen molar-refractivity contribution in [2.24, 2.45) is 5.92 Å². The quantitative estimate of drug-likeness (QED) is 0.880. The lowest BCUT2D eigenvalue weighted by Gasteiger charge is -2.26. The van der Waals surface area contributed by atoms with Gasteiger partial charge in [0.25, 0.3) is 5.56 Å². The molecule has 0 radical (unpaired) electrons. The van der Waals surface area contributed by atoms with Gasteiger partial charge in [-0.15, -0.1) is 0 Å². The number of anilines is 1. The first-order valence-corrected chi connectivity index (χ1v) is 7.70. The van der Waals surface area contributed by atoms with Crippen LogP contribution in [0.25, 0.3) is 10.8 Å². The Kier molecular flexibility index (Phi) is 4.89. The lowest BCUT2D eigenvalue weighted by atomic mass is 10.1. The number of nitrogens with one attached hydrogen (secondary N) is 2. The molecule has 0 saturated heterocycles. The molecule has 7 heteroatoms. The number of amides is 1. The van der Waals surface area contributed by atoms with Crippen molar-refractivity contribution in [3.63, 3.8) is 0 Å². The number of carbonyl (C=O) groups is 1. The largest absolute Gasteiger partial charge is 0.444 e. The van der Waals surface area contributed by atoms with Crippen LogP contribution in [0.5, 0.6) is 0 Å². The monoisotopic (exact) mass is 320 g/mol. The molecule has 1 atom stereocenters. The van der Waals surface area contributed by atoms with Crippen molar-refractivity contribution in [3.8, 4) is 0 Å². The number of likely N-dealkylation sites (N-methyl/N-ethyl adjacent to an activating group) is 1. The van der Waals surface area contributed by atoms with E-state index in [9.17, 15) is 9.59 Å². The number of aromatic amines is 1. The van der Waals surface area contributed by atoms with Crippen LogP contribution in [0.15, 0.2) is 9.21 Å². The Labute approximate surface area is 135 Å². The number of hydrogen-bond donors (Lipinski definition) is 2. The highest BCUT2D eigenvalue weighted by molar-refractivity contribution is 6.01. The molecule has 23 heavy (non-hydrogen) atoms. The summed E-state index contributed by atoms with van der Waals surface area (Å²) in [6.07, 6.45) is 0. The Morgan fingerprint density at radius 1 is 1.30 bits per heavy atom. The molecule has 2 N–H and O–H groups in total. The van der Waals surface area contributed by atoms with Crippen LogP contribution in [-0.4, -0.2) is 40.6 Å². The second-order valence-corrected chi connectivity index (χ2v) is 6.32. The van der Waals surface area contributed by atoms with Gasteiger partial charge < -0.3 is 4.42 Å². The second kappa shape index (κ2) is 6.54. The molecule has 0 bridgehead atoms. The highest BCUT2D eigenvalue weighted by Gasteiger charge is 2.20. The van der Waals surface area contributed by atoms with Crippen LogP contribution in [0.1, 0.15) is 32.2 Å². The first-order chi connectivity index (χ1) is 10.7. The van der Waals surface area contributed by atoms with Crippen molar-refractivity contribution < 1.29 is 9.21 Å². The molecule has 0 fully saturated rings. The van der Waals surface area contributed by atoms with Crippen molar-refractivity contribution in [1.82, 2.24) is 15.1 Å². The van der Waals surface area contributed by atoms with Gasteiger partial charge in [0.1, 0.15) is 11.1 Å². The maximum Gasteiger partial charge on any atom is 0.277 e. The molecule has 2 rings (SSSR count). The summed E-state index contributed by atoms with van der Waals surface area (Å²) >= 11 is 0. The zero-order chi connectivity index (χ0) is 17.3. The molecular formula is C16H24N4O3. The van der Waals surface area contributed by atoms with Crippen molar-refractivity contribution in [2.75, 3.05) is 18.9 Å². The van der Waals surface area contributed by atoms with E-state index < -0.39 is 0 Å². The number of fused-ring (bicyclic) bond motifs is 1. The summed E-state index contributed by atoms with van der Waals surface area (Å²) < 4.78 is 5.58. The van der Waals surface area contributed by atoms with Gasteiger partial charge in [0.15, 0.2) is 0 Å². The summed E-state index contributed by atoms with van der Waals surface area (Å²) in [5, 5.41) is 10.0. The van der Waals surface area contributed by atoms with Crippen molar-refractivity contribution in [3.05, 3.63) is 21.8 Å². The predicted octanol–water partition coefficient (Wildman–Crippen LogP) is 2.05. The van der Waals surface area contributed by atoms with Gasteiger partial charge in [-0.2, -0.15) is 5.10 Å². The fraction of sp³-hybridized carbons (Fsp3) is 0.562. The number of aromatic nitrogens is 2. The van der Waals surface area contributed by atoms with E-state index >= 15 is 0 Å². The zero-order valence-corrected chi connectivity index (χ0v) is 14.5. The fourth-order valence-electron chi connectivity index (χ4n) is 2.58. The Morgan fingerprint density at radius 2 is 1.96 bits per heavy atom. The van der Waals surface area contributed by atoms with E-state index in [1.54, 1.807) is 13.8 Å².